The summed E-state index contributed by atoms with van der Waals surface area (Å²) in [5.41, 5.74) is 1.79. The fourth-order valence-electron chi connectivity index (χ4n) is 3.43. The van der Waals surface area contributed by atoms with Crippen molar-refractivity contribution < 1.29 is 23.5 Å². The van der Waals surface area contributed by atoms with Crippen molar-refractivity contribution in [3.63, 3.8) is 0 Å². The van der Waals surface area contributed by atoms with Crippen LogP contribution in [0.5, 0.6) is 11.5 Å². The molecule has 2 aromatic carbocycles. The summed E-state index contributed by atoms with van der Waals surface area (Å²) in [5.74, 6) is -0.475. The van der Waals surface area contributed by atoms with Gasteiger partial charge in [0.1, 0.15) is 11.5 Å². The van der Waals surface area contributed by atoms with Crippen molar-refractivity contribution in [2.45, 2.75) is 6.54 Å². The van der Waals surface area contributed by atoms with Crippen molar-refractivity contribution in [1.82, 2.24) is 9.88 Å². The molecule has 0 bridgehead atoms. The fourth-order valence-corrected chi connectivity index (χ4v) is 3.43. The van der Waals surface area contributed by atoms with E-state index in [2.05, 4.69) is 10.3 Å². The molecule has 1 aliphatic heterocycles. The minimum absolute atomic E-state index is 0.0178. The smallest absolute Gasteiger partial charge is 0.278 e. The van der Waals surface area contributed by atoms with E-state index in [-0.39, 0.29) is 17.8 Å². The number of methoxy groups -OCH3 is 2. The highest BCUT2D eigenvalue weighted by atomic mass is 19.1. The van der Waals surface area contributed by atoms with Gasteiger partial charge < -0.3 is 14.8 Å². The van der Waals surface area contributed by atoms with Gasteiger partial charge in [-0.2, -0.15) is 0 Å². The molecule has 0 saturated heterocycles. The number of nitrogens with one attached hydrogen (secondary N) is 1. The normalized spacial score (nSPS) is 13.5. The summed E-state index contributed by atoms with van der Waals surface area (Å²) in [5, 5.41) is 2.99. The number of carbonyl (C=O) groups is 2. The Bertz CT molecular complexity index is 1190. The van der Waals surface area contributed by atoms with E-state index in [1.807, 2.05) is 0 Å². The number of rotatable bonds is 7. The maximum Gasteiger partial charge on any atom is 0.278 e. The molecule has 4 rings (SSSR count). The number of hydrogen-bond donors (Lipinski definition) is 1. The van der Waals surface area contributed by atoms with Gasteiger partial charge in [-0.3, -0.25) is 19.5 Å². The molecule has 1 aliphatic rings. The molecule has 0 saturated carbocycles. The molecule has 0 spiro atoms. The van der Waals surface area contributed by atoms with Crippen molar-refractivity contribution in [1.29, 1.82) is 0 Å². The quantitative estimate of drug-likeness (QED) is 0.573. The second kappa shape index (κ2) is 8.89. The van der Waals surface area contributed by atoms with E-state index in [0.717, 1.165) is 4.90 Å². The molecule has 1 aromatic heterocycles. The van der Waals surface area contributed by atoms with Gasteiger partial charge in [0.2, 0.25) is 0 Å². The summed E-state index contributed by atoms with van der Waals surface area (Å²) in [4.78, 5) is 32.0. The average molecular weight is 433 g/mol. The molecule has 7 nitrogen and oxygen atoms in total. The van der Waals surface area contributed by atoms with Gasteiger partial charge in [0.25, 0.3) is 11.8 Å². The summed E-state index contributed by atoms with van der Waals surface area (Å²) in [6.45, 7) is 0.0178. The Morgan fingerprint density at radius 2 is 1.69 bits per heavy atom. The SMILES string of the molecule is COc1ccc(C2=C(Nc3ccc(F)cc3)C(=O)N(Cc3ccccn3)C2=O)cc1OC. The van der Waals surface area contributed by atoms with Crippen LogP contribution in [-0.2, 0) is 16.1 Å². The Morgan fingerprint density at radius 1 is 0.938 bits per heavy atom. The van der Waals surface area contributed by atoms with Crippen molar-refractivity contribution in [3.8, 4) is 11.5 Å². The molecule has 32 heavy (non-hydrogen) atoms. The Balaban J connectivity index is 1.78. The number of hydrogen-bond acceptors (Lipinski definition) is 6. The van der Waals surface area contributed by atoms with Crippen LogP contribution in [0.25, 0.3) is 5.57 Å². The highest BCUT2D eigenvalue weighted by molar-refractivity contribution is 6.36. The zero-order valence-corrected chi connectivity index (χ0v) is 17.5. The second-order valence-electron chi connectivity index (χ2n) is 6.97. The van der Waals surface area contributed by atoms with Crippen molar-refractivity contribution >= 4 is 23.1 Å². The van der Waals surface area contributed by atoms with Crippen molar-refractivity contribution in [3.05, 3.63) is 89.6 Å². The van der Waals surface area contributed by atoms with E-state index >= 15 is 0 Å². The lowest BCUT2D eigenvalue weighted by Gasteiger charge is -2.15. The summed E-state index contributed by atoms with van der Waals surface area (Å²) in [6.07, 6.45) is 1.60. The van der Waals surface area contributed by atoms with E-state index in [1.54, 1.807) is 42.6 Å². The van der Waals surface area contributed by atoms with Crippen molar-refractivity contribution in [2.75, 3.05) is 19.5 Å². The third kappa shape index (κ3) is 4.02. The number of benzene rings is 2. The molecule has 0 radical (unpaired) electrons. The number of nitrogens with zero attached hydrogens (tertiary/aromatic N) is 2. The summed E-state index contributed by atoms with van der Waals surface area (Å²) in [7, 11) is 3.00. The average Bonchev–Trinajstić information content (AvgIpc) is 3.05. The number of imide groups is 1. The molecule has 2 heterocycles. The standard InChI is InChI=1S/C24H20FN3O4/c1-31-19-11-6-15(13-20(19)32-2)21-22(27-17-9-7-16(25)8-10-17)24(30)28(23(21)29)14-18-5-3-4-12-26-18/h3-13,27H,14H2,1-2H3. The van der Waals surface area contributed by atoms with Crippen LogP contribution in [0.1, 0.15) is 11.3 Å². The fraction of sp³-hybridized carbons (Fsp3) is 0.125. The topological polar surface area (TPSA) is 80.8 Å². The third-order valence-corrected chi connectivity index (χ3v) is 5.00. The lowest BCUT2D eigenvalue weighted by Crippen LogP contribution is -2.32. The summed E-state index contributed by atoms with van der Waals surface area (Å²) in [6, 6.07) is 15.8. The van der Waals surface area contributed by atoms with Crippen LogP contribution in [0.15, 0.2) is 72.6 Å². The van der Waals surface area contributed by atoms with Crippen LogP contribution in [0, 0.1) is 5.82 Å². The molecule has 162 valence electrons. The van der Waals surface area contributed by atoms with Crippen LogP contribution in [0.2, 0.25) is 0 Å². The predicted octanol–water partition coefficient (Wildman–Crippen LogP) is 3.63. The first kappa shape index (κ1) is 21.0. The van der Waals surface area contributed by atoms with Gasteiger partial charge >= 0.3 is 0 Å². The zero-order valence-electron chi connectivity index (χ0n) is 17.5. The van der Waals surface area contributed by atoms with Crippen LogP contribution in [0.4, 0.5) is 10.1 Å². The molecule has 0 unspecified atom stereocenters. The minimum atomic E-state index is -0.505. The molecule has 2 amide bonds. The molecule has 0 aliphatic carbocycles. The third-order valence-electron chi connectivity index (χ3n) is 5.00. The monoisotopic (exact) mass is 433 g/mol. The van der Waals surface area contributed by atoms with E-state index in [0.29, 0.717) is 28.4 Å². The highest BCUT2D eigenvalue weighted by Crippen LogP contribution is 2.36. The number of anilines is 1. The molecule has 0 fully saturated rings. The second-order valence-corrected chi connectivity index (χ2v) is 6.97. The van der Waals surface area contributed by atoms with Gasteiger partial charge in [-0.25, -0.2) is 4.39 Å². The lowest BCUT2D eigenvalue weighted by atomic mass is 10.0. The Labute approximate surface area is 184 Å². The first-order chi connectivity index (χ1) is 15.5. The van der Waals surface area contributed by atoms with Crippen LogP contribution < -0.4 is 14.8 Å². The first-order valence-corrected chi connectivity index (χ1v) is 9.77. The lowest BCUT2D eigenvalue weighted by molar-refractivity contribution is -0.137. The van der Waals surface area contributed by atoms with Crippen LogP contribution >= 0.6 is 0 Å². The zero-order chi connectivity index (χ0) is 22.7. The predicted molar refractivity (Wildman–Crippen MR) is 116 cm³/mol. The molecule has 1 N–H and O–H groups in total. The first-order valence-electron chi connectivity index (χ1n) is 9.77. The molecule has 0 atom stereocenters. The minimum Gasteiger partial charge on any atom is -0.493 e. The molecular formula is C24H20FN3O4. The summed E-state index contributed by atoms with van der Waals surface area (Å²) >= 11 is 0. The van der Waals surface area contributed by atoms with Crippen LogP contribution in [-0.4, -0.2) is 35.9 Å². The highest BCUT2D eigenvalue weighted by Gasteiger charge is 2.39. The molecular weight excluding hydrogens is 413 g/mol. The Kier molecular flexibility index (Phi) is 5.85. The van der Waals surface area contributed by atoms with E-state index < -0.39 is 17.6 Å². The van der Waals surface area contributed by atoms with E-state index in [1.165, 1.54) is 38.5 Å². The van der Waals surface area contributed by atoms with Gasteiger partial charge in [0.15, 0.2) is 11.5 Å². The summed E-state index contributed by atoms with van der Waals surface area (Å²) < 4.78 is 24.0. The van der Waals surface area contributed by atoms with Crippen LogP contribution in [0.3, 0.4) is 0 Å². The number of ether oxygens (including phenoxy) is 2. The Morgan fingerprint density at radius 3 is 2.34 bits per heavy atom. The number of aromatic nitrogens is 1. The maximum absolute atomic E-state index is 13.4. The number of halogens is 1. The largest absolute Gasteiger partial charge is 0.493 e. The van der Waals surface area contributed by atoms with E-state index in [4.69, 9.17) is 9.47 Å². The van der Waals surface area contributed by atoms with E-state index in [9.17, 15) is 14.0 Å². The van der Waals surface area contributed by atoms with Gasteiger partial charge in [0, 0.05) is 11.9 Å². The van der Waals surface area contributed by atoms with Crippen molar-refractivity contribution in [2.24, 2.45) is 0 Å². The maximum atomic E-state index is 13.4. The Hall–Kier alpha value is -4.20. The number of carbonyl (C=O) groups excluding carboxylic acids is 2. The van der Waals surface area contributed by atoms with Gasteiger partial charge in [-0.1, -0.05) is 12.1 Å². The molecule has 8 heteroatoms. The molecule has 3 aromatic rings. The van der Waals surface area contributed by atoms with Gasteiger partial charge in [-0.05, 0) is 54.1 Å². The number of amides is 2. The van der Waals surface area contributed by atoms with Gasteiger partial charge in [-0.15, -0.1) is 0 Å². The van der Waals surface area contributed by atoms with Gasteiger partial charge in [0.05, 0.1) is 32.0 Å². The number of pyridine rings is 1.